The average Bonchev–Trinajstić information content (AvgIpc) is 2.72. The van der Waals surface area contributed by atoms with Crippen LogP contribution in [0.4, 0.5) is 0 Å². The maximum absolute atomic E-state index is 5.64. The molecule has 0 saturated heterocycles. The quantitative estimate of drug-likeness (QED) is 0.846. The fourth-order valence-electron chi connectivity index (χ4n) is 1.81. The summed E-state index contributed by atoms with van der Waals surface area (Å²) in [6.07, 6.45) is 2.07. The Morgan fingerprint density at radius 2 is 2.06 bits per heavy atom. The Morgan fingerprint density at radius 3 is 2.78 bits per heavy atom. The molecule has 4 nitrogen and oxygen atoms in total. The van der Waals surface area contributed by atoms with Crippen LogP contribution in [0.5, 0.6) is 5.75 Å². The fraction of sp³-hybridized carbons (Fsp3) is 0.357. The fourth-order valence-corrected chi connectivity index (χ4v) is 1.81. The van der Waals surface area contributed by atoms with E-state index in [1.165, 1.54) is 5.56 Å². The van der Waals surface area contributed by atoms with Crippen LogP contribution in [0.1, 0.15) is 11.3 Å². The Hall–Kier alpha value is -1.81. The normalized spacial score (nSPS) is 10.6. The third-order valence-corrected chi connectivity index (χ3v) is 2.75. The van der Waals surface area contributed by atoms with Gasteiger partial charge in [0.15, 0.2) is 0 Å². The molecule has 2 rings (SSSR count). The molecule has 18 heavy (non-hydrogen) atoms. The number of hydrogen-bond acceptors (Lipinski definition) is 3. The topological polar surface area (TPSA) is 39.1 Å². The highest BCUT2D eigenvalue weighted by Crippen LogP contribution is 2.09. The molecule has 1 aromatic heterocycles. The molecule has 0 aliphatic heterocycles. The number of hydrogen-bond donors (Lipinski definition) is 1. The molecule has 1 aromatic carbocycles. The summed E-state index contributed by atoms with van der Waals surface area (Å²) in [5.74, 6) is 0.900. The summed E-state index contributed by atoms with van der Waals surface area (Å²) >= 11 is 0. The van der Waals surface area contributed by atoms with Crippen LogP contribution in [0.15, 0.2) is 36.5 Å². The lowest BCUT2D eigenvalue weighted by molar-refractivity contribution is 0.291. The van der Waals surface area contributed by atoms with Gasteiger partial charge in [-0.3, -0.25) is 4.68 Å². The molecule has 1 N–H and O–H groups in total. The van der Waals surface area contributed by atoms with Crippen LogP contribution in [0, 0.1) is 6.92 Å². The SMILES string of the molecule is CNCc1cn(CCOc2ccccc2)nc1C. The molecule has 0 radical (unpaired) electrons. The van der Waals surface area contributed by atoms with Gasteiger partial charge in [-0.2, -0.15) is 5.10 Å². The maximum Gasteiger partial charge on any atom is 0.119 e. The molecule has 4 heteroatoms. The monoisotopic (exact) mass is 245 g/mol. The lowest BCUT2D eigenvalue weighted by Crippen LogP contribution is -2.08. The summed E-state index contributed by atoms with van der Waals surface area (Å²) in [5.41, 5.74) is 2.31. The average molecular weight is 245 g/mol. The van der Waals surface area contributed by atoms with Crippen LogP contribution in [0.2, 0.25) is 0 Å². The lowest BCUT2D eigenvalue weighted by Gasteiger charge is -2.05. The van der Waals surface area contributed by atoms with Crippen molar-refractivity contribution in [3.8, 4) is 5.75 Å². The number of aromatic nitrogens is 2. The van der Waals surface area contributed by atoms with Gasteiger partial charge in [-0.15, -0.1) is 0 Å². The second kappa shape index (κ2) is 6.21. The maximum atomic E-state index is 5.64. The molecular formula is C14H19N3O. The van der Waals surface area contributed by atoms with Crippen molar-refractivity contribution in [2.75, 3.05) is 13.7 Å². The minimum Gasteiger partial charge on any atom is -0.492 e. The minimum absolute atomic E-state index is 0.629. The van der Waals surface area contributed by atoms with E-state index in [9.17, 15) is 0 Å². The Kier molecular flexibility index (Phi) is 4.36. The van der Waals surface area contributed by atoms with E-state index in [1.807, 2.05) is 49.0 Å². The zero-order chi connectivity index (χ0) is 12.8. The molecule has 0 bridgehead atoms. The van der Waals surface area contributed by atoms with Gasteiger partial charge in [-0.1, -0.05) is 18.2 Å². The number of nitrogens with one attached hydrogen (secondary N) is 1. The van der Waals surface area contributed by atoms with Crippen LogP contribution in [0.3, 0.4) is 0 Å². The predicted octanol–water partition coefficient (Wildman–Crippen LogP) is 1.99. The summed E-state index contributed by atoms with van der Waals surface area (Å²) in [5, 5.41) is 7.59. The van der Waals surface area contributed by atoms with Crippen LogP contribution in [-0.4, -0.2) is 23.4 Å². The van der Waals surface area contributed by atoms with Gasteiger partial charge in [-0.05, 0) is 26.1 Å². The van der Waals surface area contributed by atoms with Crippen molar-refractivity contribution in [1.29, 1.82) is 0 Å². The number of nitrogens with zero attached hydrogens (tertiary/aromatic N) is 2. The van der Waals surface area contributed by atoms with Crippen molar-refractivity contribution in [2.24, 2.45) is 0 Å². The third kappa shape index (κ3) is 3.34. The highest BCUT2D eigenvalue weighted by molar-refractivity contribution is 5.20. The zero-order valence-corrected chi connectivity index (χ0v) is 10.9. The molecule has 0 fully saturated rings. The van der Waals surface area contributed by atoms with Crippen molar-refractivity contribution in [1.82, 2.24) is 15.1 Å². The zero-order valence-electron chi connectivity index (χ0n) is 10.9. The van der Waals surface area contributed by atoms with E-state index in [2.05, 4.69) is 16.6 Å². The van der Waals surface area contributed by atoms with Gasteiger partial charge >= 0.3 is 0 Å². The van der Waals surface area contributed by atoms with Crippen LogP contribution < -0.4 is 10.1 Å². The second-order valence-corrected chi connectivity index (χ2v) is 4.19. The number of benzene rings is 1. The van der Waals surface area contributed by atoms with E-state index in [1.54, 1.807) is 0 Å². The van der Waals surface area contributed by atoms with Gasteiger partial charge in [0, 0.05) is 18.3 Å². The van der Waals surface area contributed by atoms with Gasteiger partial charge in [0.1, 0.15) is 12.4 Å². The minimum atomic E-state index is 0.629. The van der Waals surface area contributed by atoms with E-state index in [4.69, 9.17) is 4.74 Å². The first kappa shape index (κ1) is 12.6. The first-order valence-electron chi connectivity index (χ1n) is 6.15. The smallest absolute Gasteiger partial charge is 0.119 e. The summed E-state index contributed by atoms with van der Waals surface area (Å²) in [6, 6.07) is 9.84. The van der Waals surface area contributed by atoms with Crippen LogP contribution in [0.25, 0.3) is 0 Å². The molecule has 0 spiro atoms. The van der Waals surface area contributed by atoms with Gasteiger partial charge in [0.05, 0.1) is 12.2 Å². The van der Waals surface area contributed by atoms with Gasteiger partial charge in [0.25, 0.3) is 0 Å². The number of rotatable bonds is 6. The summed E-state index contributed by atoms with van der Waals surface area (Å²) in [6.45, 7) is 4.27. The van der Waals surface area contributed by atoms with Crippen molar-refractivity contribution < 1.29 is 4.74 Å². The van der Waals surface area contributed by atoms with Crippen molar-refractivity contribution in [3.05, 3.63) is 47.8 Å². The van der Waals surface area contributed by atoms with Gasteiger partial charge in [0.2, 0.25) is 0 Å². The van der Waals surface area contributed by atoms with E-state index in [0.717, 1.165) is 24.5 Å². The molecule has 0 unspecified atom stereocenters. The first-order chi connectivity index (χ1) is 8.79. The molecule has 0 atom stereocenters. The standard InChI is InChI=1S/C14H19N3O/c1-12-13(10-15-2)11-17(16-12)8-9-18-14-6-4-3-5-7-14/h3-7,11,15H,8-10H2,1-2H3. The summed E-state index contributed by atoms with van der Waals surface area (Å²) in [4.78, 5) is 0. The second-order valence-electron chi connectivity index (χ2n) is 4.19. The van der Waals surface area contributed by atoms with Gasteiger partial charge in [-0.25, -0.2) is 0 Å². The molecule has 0 amide bonds. The molecule has 2 aromatic rings. The number of aryl methyl sites for hydroxylation is 1. The van der Waals surface area contributed by atoms with Crippen LogP contribution in [-0.2, 0) is 13.1 Å². The number of ether oxygens (including phenoxy) is 1. The summed E-state index contributed by atoms with van der Waals surface area (Å²) in [7, 11) is 1.94. The van der Waals surface area contributed by atoms with E-state index in [0.29, 0.717) is 6.61 Å². The largest absolute Gasteiger partial charge is 0.492 e. The third-order valence-electron chi connectivity index (χ3n) is 2.75. The Labute approximate surface area is 108 Å². The van der Waals surface area contributed by atoms with E-state index < -0.39 is 0 Å². The summed E-state index contributed by atoms with van der Waals surface area (Å²) < 4.78 is 7.58. The van der Waals surface area contributed by atoms with E-state index in [-0.39, 0.29) is 0 Å². The van der Waals surface area contributed by atoms with Crippen molar-refractivity contribution >= 4 is 0 Å². The molecule has 0 aliphatic rings. The lowest BCUT2D eigenvalue weighted by atomic mass is 10.3. The first-order valence-corrected chi connectivity index (χ1v) is 6.15. The van der Waals surface area contributed by atoms with Crippen LogP contribution >= 0.6 is 0 Å². The highest BCUT2D eigenvalue weighted by atomic mass is 16.5. The number of para-hydroxylation sites is 1. The Bertz CT molecular complexity index is 479. The predicted molar refractivity (Wildman–Crippen MR) is 71.7 cm³/mol. The van der Waals surface area contributed by atoms with Gasteiger partial charge < -0.3 is 10.1 Å². The molecule has 1 heterocycles. The molecule has 0 saturated carbocycles. The van der Waals surface area contributed by atoms with Crippen molar-refractivity contribution in [2.45, 2.75) is 20.0 Å². The van der Waals surface area contributed by atoms with Crippen molar-refractivity contribution in [3.63, 3.8) is 0 Å². The highest BCUT2D eigenvalue weighted by Gasteiger charge is 2.03. The van der Waals surface area contributed by atoms with E-state index >= 15 is 0 Å². The Balaban J connectivity index is 1.85. The molecular weight excluding hydrogens is 226 g/mol. The molecule has 96 valence electrons. The Morgan fingerprint density at radius 1 is 1.28 bits per heavy atom. The molecule has 0 aliphatic carbocycles.